The second-order valence-corrected chi connectivity index (χ2v) is 6.21. The van der Waals surface area contributed by atoms with Crippen molar-refractivity contribution in [1.29, 1.82) is 0 Å². The normalized spacial score (nSPS) is 12.3. The van der Waals surface area contributed by atoms with Gasteiger partial charge in [-0.3, -0.25) is 0 Å². The Bertz CT molecular complexity index is 622. The molecule has 0 aliphatic carbocycles. The van der Waals surface area contributed by atoms with Crippen molar-refractivity contribution in [3.8, 4) is 5.75 Å². The van der Waals surface area contributed by atoms with Gasteiger partial charge in [-0.25, -0.2) is 0 Å². The Kier molecular flexibility index (Phi) is 5.58. The van der Waals surface area contributed by atoms with E-state index in [1.807, 2.05) is 31.2 Å². The third kappa shape index (κ3) is 4.68. The number of hydrogen-bond acceptors (Lipinski definition) is 2. The highest BCUT2D eigenvalue weighted by Gasteiger charge is 2.10. The SMILES string of the molecule is CC(Nc1ccc(Br)cc1Br)c1cccc(OC(F)F)c1. The molecule has 1 N–H and O–H groups in total. The van der Waals surface area contributed by atoms with Crippen LogP contribution in [0.2, 0.25) is 0 Å². The molecule has 1 unspecified atom stereocenters. The van der Waals surface area contributed by atoms with Crippen LogP contribution in [0.1, 0.15) is 18.5 Å². The molecule has 0 saturated carbocycles. The number of benzene rings is 2. The summed E-state index contributed by atoms with van der Waals surface area (Å²) in [6, 6.07) is 12.4. The van der Waals surface area contributed by atoms with E-state index in [0.717, 1.165) is 20.2 Å². The van der Waals surface area contributed by atoms with Gasteiger partial charge >= 0.3 is 6.61 Å². The Morgan fingerprint density at radius 1 is 1.10 bits per heavy atom. The molecule has 2 aromatic carbocycles. The first kappa shape index (κ1) is 16.2. The lowest BCUT2D eigenvalue weighted by atomic mass is 10.1. The molecule has 21 heavy (non-hydrogen) atoms. The fraction of sp³-hybridized carbons (Fsp3) is 0.200. The van der Waals surface area contributed by atoms with Gasteiger partial charge in [0, 0.05) is 20.7 Å². The molecule has 0 radical (unpaired) electrons. The summed E-state index contributed by atoms with van der Waals surface area (Å²) in [5.41, 5.74) is 1.79. The molecule has 0 bridgehead atoms. The maximum Gasteiger partial charge on any atom is 0.387 e. The first-order valence-electron chi connectivity index (χ1n) is 6.22. The summed E-state index contributed by atoms with van der Waals surface area (Å²) in [6.45, 7) is -0.861. The summed E-state index contributed by atoms with van der Waals surface area (Å²) in [7, 11) is 0. The second kappa shape index (κ2) is 7.22. The van der Waals surface area contributed by atoms with Gasteiger partial charge in [-0.05, 0) is 58.7 Å². The molecular formula is C15H13Br2F2NO. The second-order valence-electron chi connectivity index (χ2n) is 4.44. The lowest BCUT2D eigenvalue weighted by Crippen LogP contribution is -2.08. The van der Waals surface area contributed by atoms with E-state index in [0.29, 0.717) is 0 Å². The van der Waals surface area contributed by atoms with Crippen molar-refractivity contribution >= 4 is 37.5 Å². The lowest BCUT2D eigenvalue weighted by molar-refractivity contribution is -0.0498. The molecule has 0 spiro atoms. The zero-order valence-electron chi connectivity index (χ0n) is 11.1. The zero-order valence-corrected chi connectivity index (χ0v) is 14.3. The summed E-state index contributed by atoms with van der Waals surface area (Å²) in [5.74, 6) is 0.158. The molecule has 112 valence electrons. The fourth-order valence-electron chi connectivity index (χ4n) is 1.88. The molecule has 0 fully saturated rings. The van der Waals surface area contributed by atoms with E-state index >= 15 is 0 Å². The van der Waals surface area contributed by atoms with Crippen LogP contribution in [0.5, 0.6) is 5.75 Å². The number of nitrogens with one attached hydrogen (secondary N) is 1. The van der Waals surface area contributed by atoms with Crippen molar-refractivity contribution in [2.45, 2.75) is 19.6 Å². The van der Waals surface area contributed by atoms with Gasteiger partial charge in [0.2, 0.25) is 0 Å². The molecule has 0 saturated heterocycles. The first-order valence-corrected chi connectivity index (χ1v) is 7.80. The fourth-order valence-corrected chi connectivity index (χ4v) is 3.04. The third-order valence-electron chi connectivity index (χ3n) is 2.89. The summed E-state index contributed by atoms with van der Waals surface area (Å²) in [5, 5.41) is 3.32. The Balaban J connectivity index is 2.14. The number of hydrogen-bond donors (Lipinski definition) is 1. The van der Waals surface area contributed by atoms with Crippen molar-refractivity contribution in [1.82, 2.24) is 0 Å². The van der Waals surface area contributed by atoms with Crippen LogP contribution in [-0.2, 0) is 0 Å². The largest absolute Gasteiger partial charge is 0.435 e. The molecule has 2 aromatic rings. The van der Waals surface area contributed by atoms with E-state index in [1.165, 1.54) is 6.07 Å². The van der Waals surface area contributed by atoms with Crippen molar-refractivity contribution in [2.75, 3.05) is 5.32 Å². The van der Waals surface area contributed by atoms with Crippen LogP contribution in [0.25, 0.3) is 0 Å². The summed E-state index contributed by atoms with van der Waals surface area (Å²) < 4.78 is 30.8. The Hall–Kier alpha value is -1.14. The van der Waals surface area contributed by atoms with Crippen LogP contribution in [0.15, 0.2) is 51.4 Å². The highest BCUT2D eigenvalue weighted by atomic mass is 79.9. The predicted molar refractivity (Wildman–Crippen MR) is 87.0 cm³/mol. The minimum Gasteiger partial charge on any atom is -0.435 e. The van der Waals surface area contributed by atoms with E-state index in [1.54, 1.807) is 12.1 Å². The molecule has 0 amide bonds. The number of alkyl halides is 2. The Morgan fingerprint density at radius 3 is 2.52 bits per heavy atom. The van der Waals surface area contributed by atoms with Gasteiger partial charge in [-0.1, -0.05) is 28.1 Å². The van der Waals surface area contributed by atoms with Crippen LogP contribution in [0.3, 0.4) is 0 Å². The van der Waals surface area contributed by atoms with Crippen LogP contribution in [-0.4, -0.2) is 6.61 Å². The van der Waals surface area contributed by atoms with E-state index in [-0.39, 0.29) is 11.8 Å². The molecular weight excluding hydrogens is 408 g/mol. The Labute approximate surface area is 138 Å². The highest BCUT2D eigenvalue weighted by Crippen LogP contribution is 2.30. The lowest BCUT2D eigenvalue weighted by Gasteiger charge is -2.18. The highest BCUT2D eigenvalue weighted by molar-refractivity contribution is 9.11. The van der Waals surface area contributed by atoms with Crippen molar-refractivity contribution < 1.29 is 13.5 Å². The van der Waals surface area contributed by atoms with Crippen molar-refractivity contribution in [2.24, 2.45) is 0 Å². The van der Waals surface area contributed by atoms with Crippen LogP contribution in [0, 0.1) is 0 Å². The van der Waals surface area contributed by atoms with Gasteiger partial charge in [0.15, 0.2) is 0 Å². The van der Waals surface area contributed by atoms with Gasteiger partial charge in [0.25, 0.3) is 0 Å². The number of anilines is 1. The minimum atomic E-state index is -2.82. The van der Waals surface area contributed by atoms with Gasteiger partial charge in [0.1, 0.15) is 5.75 Å². The summed E-state index contributed by atoms with van der Waals surface area (Å²) in [4.78, 5) is 0. The predicted octanol–water partition coefficient (Wildman–Crippen LogP) is 5.99. The van der Waals surface area contributed by atoms with Crippen LogP contribution < -0.4 is 10.1 Å². The molecule has 0 heterocycles. The summed E-state index contributed by atoms with van der Waals surface area (Å²) >= 11 is 6.87. The molecule has 0 aliphatic rings. The number of ether oxygens (including phenoxy) is 1. The third-order valence-corrected chi connectivity index (χ3v) is 4.04. The van der Waals surface area contributed by atoms with Crippen molar-refractivity contribution in [3.05, 3.63) is 57.0 Å². The van der Waals surface area contributed by atoms with Gasteiger partial charge in [-0.15, -0.1) is 0 Å². The molecule has 1 atom stereocenters. The maximum atomic E-state index is 12.2. The van der Waals surface area contributed by atoms with Gasteiger partial charge in [0.05, 0.1) is 0 Å². The average Bonchev–Trinajstić information content (AvgIpc) is 2.41. The minimum absolute atomic E-state index is 0.0521. The first-order chi connectivity index (χ1) is 9.95. The Morgan fingerprint density at radius 2 is 1.86 bits per heavy atom. The number of rotatable bonds is 5. The topological polar surface area (TPSA) is 21.3 Å². The molecule has 6 heteroatoms. The van der Waals surface area contributed by atoms with Crippen LogP contribution >= 0.6 is 31.9 Å². The smallest absolute Gasteiger partial charge is 0.387 e. The van der Waals surface area contributed by atoms with Crippen molar-refractivity contribution in [3.63, 3.8) is 0 Å². The van der Waals surface area contributed by atoms with Crippen LogP contribution in [0.4, 0.5) is 14.5 Å². The van der Waals surface area contributed by atoms with Gasteiger partial charge in [-0.2, -0.15) is 8.78 Å². The quantitative estimate of drug-likeness (QED) is 0.641. The van der Waals surface area contributed by atoms with E-state index in [2.05, 4.69) is 41.9 Å². The monoisotopic (exact) mass is 419 g/mol. The van der Waals surface area contributed by atoms with E-state index < -0.39 is 6.61 Å². The summed E-state index contributed by atoms with van der Waals surface area (Å²) in [6.07, 6.45) is 0. The molecule has 0 aliphatic heterocycles. The zero-order chi connectivity index (χ0) is 15.4. The molecule has 0 aromatic heterocycles. The van der Waals surface area contributed by atoms with E-state index in [9.17, 15) is 8.78 Å². The molecule has 2 nitrogen and oxygen atoms in total. The van der Waals surface area contributed by atoms with E-state index in [4.69, 9.17) is 0 Å². The van der Waals surface area contributed by atoms with Gasteiger partial charge < -0.3 is 10.1 Å². The maximum absolute atomic E-state index is 12.2. The molecule has 2 rings (SSSR count). The average molecular weight is 421 g/mol. The number of halogens is 4. The standard InChI is InChI=1S/C15H13Br2F2NO/c1-9(20-14-6-5-11(16)8-13(14)17)10-3-2-4-12(7-10)21-15(18)19/h2-9,15,20H,1H3.